The summed E-state index contributed by atoms with van der Waals surface area (Å²) in [7, 11) is 0. The third-order valence-corrected chi connectivity index (χ3v) is 2.71. The second-order valence-corrected chi connectivity index (χ2v) is 4.04. The highest BCUT2D eigenvalue weighted by Gasteiger charge is 1.97. The summed E-state index contributed by atoms with van der Waals surface area (Å²) in [5.74, 6) is 0. The van der Waals surface area contributed by atoms with Gasteiger partial charge in [-0.05, 0) is 32.4 Å². The van der Waals surface area contributed by atoms with Crippen LogP contribution in [0.15, 0.2) is 0 Å². The van der Waals surface area contributed by atoms with E-state index in [-0.39, 0.29) is 0 Å². The number of rotatable bonds is 8. The van der Waals surface area contributed by atoms with Crippen LogP contribution in [0.4, 0.5) is 0 Å². The van der Waals surface area contributed by atoms with Gasteiger partial charge in [-0.25, -0.2) is 0 Å². The summed E-state index contributed by atoms with van der Waals surface area (Å²) in [6.07, 6.45) is 6.36. The minimum atomic E-state index is 0.587. The van der Waals surface area contributed by atoms with Crippen molar-refractivity contribution >= 4 is 12.6 Å². The van der Waals surface area contributed by atoms with Gasteiger partial charge in [-0.15, -0.1) is 0 Å². The van der Waals surface area contributed by atoms with Crippen LogP contribution in [-0.2, 0) is 0 Å². The molecular formula is C10H23NS. The Balaban J connectivity index is 2.90. The van der Waals surface area contributed by atoms with Gasteiger partial charge in [-0.1, -0.05) is 26.7 Å². The van der Waals surface area contributed by atoms with Crippen LogP contribution in [0, 0.1) is 0 Å². The quantitative estimate of drug-likeness (QED) is 0.442. The van der Waals surface area contributed by atoms with Gasteiger partial charge < -0.3 is 5.32 Å². The molecule has 0 aromatic carbocycles. The van der Waals surface area contributed by atoms with Gasteiger partial charge in [0.1, 0.15) is 0 Å². The normalized spacial score (nSPS) is 13.2. The molecule has 0 fully saturated rings. The lowest BCUT2D eigenvalue weighted by molar-refractivity contribution is 0.589. The van der Waals surface area contributed by atoms with Crippen molar-refractivity contribution < 1.29 is 0 Å². The van der Waals surface area contributed by atoms with Crippen molar-refractivity contribution in [2.24, 2.45) is 0 Å². The van der Waals surface area contributed by atoms with Gasteiger partial charge in [-0.2, -0.15) is 12.6 Å². The molecule has 0 aliphatic rings. The molecule has 1 unspecified atom stereocenters. The Morgan fingerprint density at radius 1 is 1.17 bits per heavy atom. The van der Waals surface area contributed by atoms with E-state index in [1.54, 1.807) is 0 Å². The number of thiol groups is 1. The van der Waals surface area contributed by atoms with E-state index in [9.17, 15) is 0 Å². The third-order valence-electron chi connectivity index (χ3n) is 2.08. The van der Waals surface area contributed by atoms with Crippen LogP contribution in [0.2, 0.25) is 0 Å². The van der Waals surface area contributed by atoms with Crippen LogP contribution in [0.3, 0.4) is 0 Å². The second-order valence-electron chi connectivity index (χ2n) is 3.31. The standard InChI is InChI=1S/C10H23NS/c1-3-5-6-8-11-9-7-10(12)4-2/h10-12H,3-9H2,1-2H3. The Hall–Kier alpha value is 0.310. The Morgan fingerprint density at radius 3 is 2.50 bits per heavy atom. The maximum atomic E-state index is 4.43. The lowest BCUT2D eigenvalue weighted by Crippen LogP contribution is -2.19. The van der Waals surface area contributed by atoms with E-state index >= 15 is 0 Å². The van der Waals surface area contributed by atoms with Crippen LogP contribution >= 0.6 is 12.6 Å². The van der Waals surface area contributed by atoms with Gasteiger partial charge in [0.05, 0.1) is 0 Å². The molecule has 0 radical (unpaired) electrons. The Bertz CT molecular complexity index is 85.9. The molecule has 12 heavy (non-hydrogen) atoms. The number of unbranched alkanes of at least 4 members (excludes halogenated alkanes) is 2. The lowest BCUT2D eigenvalue weighted by atomic mass is 10.2. The second kappa shape index (κ2) is 9.40. The van der Waals surface area contributed by atoms with Crippen molar-refractivity contribution in [2.45, 2.75) is 51.2 Å². The predicted octanol–water partition coefficient (Wildman–Crippen LogP) is 2.86. The van der Waals surface area contributed by atoms with Gasteiger partial charge in [0.2, 0.25) is 0 Å². The highest BCUT2D eigenvalue weighted by molar-refractivity contribution is 7.80. The lowest BCUT2D eigenvalue weighted by Gasteiger charge is -2.08. The zero-order valence-electron chi connectivity index (χ0n) is 8.47. The molecule has 1 atom stereocenters. The fourth-order valence-corrected chi connectivity index (χ4v) is 1.23. The molecule has 2 heteroatoms. The monoisotopic (exact) mass is 189 g/mol. The third kappa shape index (κ3) is 8.41. The Morgan fingerprint density at radius 2 is 1.92 bits per heavy atom. The summed E-state index contributed by atoms with van der Waals surface area (Å²) in [6, 6.07) is 0. The fourth-order valence-electron chi connectivity index (χ4n) is 1.10. The predicted molar refractivity (Wildman–Crippen MR) is 60.1 cm³/mol. The van der Waals surface area contributed by atoms with E-state index in [0.717, 1.165) is 6.54 Å². The SMILES string of the molecule is CCCCCNCCC(S)CC. The molecular weight excluding hydrogens is 166 g/mol. The highest BCUT2D eigenvalue weighted by atomic mass is 32.1. The molecule has 0 heterocycles. The van der Waals surface area contributed by atoms with Crippen molar-refractivity contribution in [1.82, 2.24) is 5.32 Å². The van der Waals surface area contributed by atoms with Crippen molar-refractivity contribution in [2.75, 3.05) is 13.1 Å². The van der Waals surface area contributed by atoms with E-state index < -0.39 is 0 Å². The molecule has 0 bridgehead atoms. The summed E-state index contributed by atoms with van der Waals surface area (Å²) in [5, 5.41) is 4.02. The Labute approximate surface area is 82.7 Å². The van der Waals surface area contributed by atoms with Crippen LogP contribution in [-0.4, -0.2) is 18.3 Å². The first-order chi connectivity index (χ1) is 5.81. The Kier molecular flexibility index (Phi) is 9.64. The van der Waals surface area contributed by atoms with Crippen molar-refractivity contribution in [3.05, 3.63) is 0 Å². The summed E-state index contributed by atoms with van der Waals surface area (Å²) < 4.78 is 0. The van der Waals surface area contributed by atoms with E-state index in [2.05, 4.69) is 31.8 Å². The fraction of sp³-hybridized carbons (Fsp3) is 1.00. The van der Waals surface area contributed by atoms with Crippen molar-refractivity contribution in [3.8, 4) is 0 Å². The van der Waals surface area contributed by atoms with Crippen molar-refractivity contribution in [3.63, 3.8) is 0 Å². The molecule has 1 nitrogen and oxygen atoms in total. The molecule has 0 aromatic rings. The van der Waals surface area contributed by atoms with Crippen molar-refractivity contribution in [1.29, 1.82) is 0 Å². The maximum Gasteiger partial charge on any atom is 0.00262 e. The van der Waals surface area contributed by atoms with Gasteiger partial charge in [0, 0.05) is 5.25 Å². The topological polar surface area (TPSA) is 12.0 Å². The summed E-state index contributed by atoms with van der Waals surface area (Å²) >= 11 is 4.43. The molecule has 0 aromatic heterocycles. The molecule has 0 spiro atoms. The van der Waals surface area contributed by atoms with Gasteiger partial charge in [-0.3, -0.25) is 0 Å². The smallest absolute Gasteiger partial charge is 0.00262 e. The van der Waals surface area contributed by atoms with Crippen LogP contribution in [0.1, 0.15) is 46.0 Å². The molecule has 0 amide bonds. The number of nitrogens with one attached hydrogen (secondary N) is 1. The molecule has 0 aliphatic carbocycles. The minimum absolute atomic E-state index is 0.587. The maximum absolute atomic E-state index is 4.43. The minimum Gasteiger partial charge on any atom is -0.317 e. The molecule has 74 valence electrons. The zero-order valence-corrected chi connectivity index (χ0v) is 9.37. The first-order valence-corrected chi connectivity index (χ1v) is 5.71. The first kappa shape index (κ1) is 12.3. The van der Waals surface area contributed by atoms with Crippen LogP contribution in [0.5, 0.6) is 0 Å². The molecule has 0 saturated heterocycles. The molecule has 1 N–H and O–H groups in total. The van der Waals surface area contributed by atoms with E-state index in [1.807, 2.05) is 0 Å². The largest absolute Gasteiger partial charge is 0.317 e. The van der Waals surface area contributed by atoms with E-state index in [1.165, 1.54) is 38.6 Å². The summed E-state index contributed by atoms with van der Waals surface area (Å²) in [4.78, 5) is 0. The van der Waals surface area contributed by atoms with E-state index in [4.69, 9.17) is 0 Å². The molecule has 0 rings (SSSR count). The summed E-state index contributed by atoms with van der Waals surface area (Å²) in [6.45, 7) is 6.74. The van der Waals surface area contributed by atoms with Gasteiger partial charge in [0.25, 0.3) is 0 Å². The van der Waals surface area contributed by atoms with Crippen LogP contribution in [0.25, 0.3) is 0 Å². The summed E-state index contributed by atoms with van der Waals surface area (Å²) in [5.41, 5.74) is 0. The molecule has 0 aliphatic heterocycles. The zero-order chi connectivity index (χ0) is 9.23. The average molecular weight is 189 g/mol. The van der Waals surface area contributed by atoms with E-state index in [0.29, 0.717) is 5.25 Å². The highest BCUT2D eigenvalue weighted by Crippen LogP contribution is 2.03. The van der Waals surface area contributed by atoms with Crippen LogP contribution < -0.4 is 5.32 Å². The number of hydrogen-bond donors (Lipinski definition) is 2. The van der Waals surface area contributed by atoms with Gasteiger partial charge in [0.15, 0.2) is 0 Å². The number of hydrogen-bond acceptors (Lipinski definition) is 2. The first-order valence-electron chi connectivity index (χ1n) is 5.20. The average Bonchev–Trinajstić information content (AvgIpc) is 2.10. The van der Waals surface area contributed by atoms with Gasteiger partial charge >= 0.3 is 0 Å². The molecule has 0 saturated carbocycles.